The van der Waals surface area contributed by atoms with Gasteiger partial charge in [0.2, 0.25) is 0 Å². The van der Waals surface area contributed by atoms with Crippen LogP contribution >= 0.6 is 0 Å². The van der Waals surface area contributed by atoms with Crippen LogP contribution in [0.3, 0.4) is 0 Å². The lowest BCUT2D eigenvalue weighted by Crippen LogP contribution is -2.61. The van der Waals surface area contributed by atoms with Gasteiger partial charge >= 0.3 is 0 Å². The van der Waals surface area contributed by atoms with Crippen molar-refractivity contribution < 1.29 is 17.6 Å². The number of nitrogens with zero attached hydrogens (tertiary/aromatic N) is 2. The van der Waals surface area contributed by atoms with E-state index in [0.717, 1.165) is 77.7 Å². The first-order chi connectivity index (χ1) is 29.4. The molecule has 61 heavy (non-hydrogen) atoms. The van der Waals surface area contributed by atoms with Gasteiger partial charge < -0.3 is 9.80 Å². The number of hydrogen-bond donors (Lipinski definition) is 0. The Morgan fingerprint density at radius 3 is 1.00 bits per heavy atom. The van der Waals surface area contributed by atoms with Gasteiger partial charge in [-0.3, -0.25) is 0 Å². The largest absolute Gasteiger partial charge is 0.306 e. The molecule has 8 aromatic carbocycles. The van der Waals surface area contributed by atoms with Crippen LogP contribution in [0.15, 0.2) is 140 Å². The highest BCUT2D eigenvalue weighted by molar-refractivity contribution is 7.00. The molecule has 7 heteroatoms. The molecular formula is C54H41BF4N2. The Balaban J connectivity index is 1.40. The summed E-state index contributed by atoms with van der Waals surface area (Å²) in [5, 5.41) is 0. The van der Waals surface area contributed by atoms with Crippen molar-refractivity contribution in [2.75, 3.05) is 9.80 Å². The van der Waals surface area contributed by atoms with Crippen molar-refractivity contribution in [1.82, 2.24) is 0 Å². The third-order valence-corrected chi connectivity index (χ3v) is 12.7. The molecule has 0 spiro atoms. The SMILES string of the molecule is Cc1cccc(C)c1-c1ccc2c(c1)B1c3cc(-c4c(C)cccc4C)ccc3N(c3c(F)cccc3F)c3cc(-c4c(C)cccc4C)cc(c31)N2c1c(F)cccc1F. The summed E-state index contributed by atoms with van der Waals surface area (Å²) in [5.74, 6) is -2.94. The molecule has 8 aromatic rings. The highest BCUT2D eigenvalue weighted by Gasteiger charge is 2.46. The van der Waals surface area contributed by atoms with Gasteiger partial charge in [-0.25, -0.2) is 17.6 Å². The minimum absolute atomic E-state index is 0.235. The molecule has 0 aromatic heterocycles. The second kappa shape index (κ2) is 14.4. The van der Waals surface area contributed by atoms with Gasteiger partial charge in [0, 0.05) is 22.7 Å². The van der Waals surface area contributed by atoms with E-state index in [1.165, 1.54) is 36.4 Å². The van der Waals surface area contributed by atoms with Gasteiger partial charge in [-0.05, 0) is 173 Å². The predicted octanol–water partition coefficient (Wildman–Crippen LogP) is 13.2. The van der Waals surface area contributed by atoms with E-state index in [9.17, 15) is 0 Å². The number of anilines is 6. The smallest absolute Gasteiger partial charge is 0.252 e. The van der Waals surface area contributed by atoms with Crippen molar-refractivity contribution in [1.29, 1.82) is 0 Å². The second-order valence-electron chi connectivity index (χ2n) is 16.5. The number of rotatable bonds is 5. The predicted molar refractivity (Wildman–Crippen MR) is 245 cm³/mol. The van der Waals surface area contributed by atoms with Crippen molar-refractivity contribution in [2.24, 2.45) is 0 Å². The van der Waals surface area contributed by atoms with Gasteiger partial charge in [-0.2, -0.15) is 0 Å². The first kappa shape index (κ1) is 38.4. The fraction of sp³-hybridized carbons (Fsp3) is 0.111. The summed E-state index contributed by atoms with van der Waals surface area (Å²) in [6, 6.07) is 42.5. The summed E-state index contributed by atoms with van der Waals surface area (Å²) >= 11 is 0. The van der Waals surface area contributed by atoms with Crippen LogP contribution in [-0.4, -0.2) is 6.71 Å². The number of halogens is 4. The minimum atomic E-state index is -0.736. The maximum atomic E-state index is 16.5. The van der Waals surface area contributed by atoms with Gasteiger partial charge in [0.1, 0.15) is 34.6 Å². The molecule has 2 aliphatic heterocycles. The molecule has 2 nitrogen and oxygen atoms in total. The summed E-state index contributed by atoms with van der Waals surface area (Å²) in [5.41, 5.74) is 16.1. The van der Waals surface area contributed by atoms with E-state index in [1.807, 2.05) is 80.6 Å². The molecule has 0 saturated carbocycles. The van der Waals surface area contributed by atoms with Crippen molar-refractivity contribution in [2.45, 2.75) is 41.5 Å². The second-order valence-corrected chi connectivity index (χ2v) is 16.5. The molecule has 0 atom stereocenters. The summed E-state index contributed by atoms with van der Waals surface area (Å²) in [6.45, 7) is 11.9. The monoisotopic (exact) mass is 804 g/mol. The van der Waals surface area contributed by atoms with Gasteiger partial charge in [0.05, 0.1) is 0 Å². The first-order valence-corrected chi connectivity index (χ1v) is 20.6. The molecule has 0 N–H and O–H groups in total. The van der Waals surface area contributed by atoms with Crippen LogP contribution in [0.25, 0.3) is 33.4 Å². The van der Waals surface area contributed by atoms with Crippen LogP contribution in [0.4, 0.5) is 51.7 Å². The highest BCUT2D eigenvalue weighted by atomic mass is 19.1. The molecule has 0 aliphatic carbocycles. The Morgan fingerprint density at radius 2 is 0.656 bits per heavy atom. The zero-order valence-electron chi connectivity index (χ0n) is 34.8. The molecule has 0 bridgehead atoms. The minimum Gasteiger partial charge on any atom is -0.306 e. The molecule has 0 saturated heterocycles. The first-order valence-electron chi connectivity index (χ1n) is 20.6. The maximum Gasteiger partial charge on any atom is 0.252 e. The highest BCUT2D eigenvalue weighted by Crippen LogP contribution is 2.49. The van der Waals surface area contributed by atoms with Gasteiger partial charge in [0.25, 0.3) is 6.71 Å². The van der Waals surface area contributed by atoms with Crippen molar-refractivity contribution in [3.05, 3.63) is 196 Å². The Labute approximate surface area is 354 Å². The third-order valence-electron chi connectivity index (χ3n) is 12.7. The molecular weight excluding hydrogens is 763 g/mol. The molecule has 0 fully saturated rings. The standard InChI is InChI=1S/C54H41BF4N2/c1-30-12-7-13-31(2)49(30)36-22-24-45-39(26-36)55-40-27-37(50-32(3)14-8-15-33(50)4)23-25-46(40)61(54-43(58)20-11-21-44(54)59)48-29-38(51-34(5)16-9-17-35(51)6)28-47(52(48)55)60(45)53-41(56)18-10-19-42(53)57/h7-29H,1-6H3. The molecule has 2 heterocycles. The van der Waals surface area contributed by atoms with E-state index in [-0.39, 0.29) is 11.4 Å². The molecule has 0 amide bonds. The summed E-state index contributed by atoms with van der Waals surface area (Å²) < 4.78 is 66.1. The van der Waals surface area contributed by atoms with E-state index in [0.29, 0.717) is 28.2 Å². The Bertz CT molecular complexity index is 2860. The molecule has 0 unspecified atom stereocenters. The summed E-state index contributed by atoms with van der Waals surface area (Å²) in [7, 11) is 0. The van der Waals surface area contributed by atoms with Crippen LogP contribution in [0, 0.1) is 64.8 Å². The van der Waals surface area contributed by atoms with Crippen LogP contribution < -0.4 is 26.2 Å². The zero-order valence-corrected chi connectivity index (χ0v) is 34.8. The zero-order chi connectivity index (χ0) is 42.4. The van der Waals surface area contributed by atoms with E-state index in [2.05, 4.69) is 64.1 Å². The van der Waals surface area contributed by atoms with Gasteiger partial charge in [-0.1, -0.05) is 91.0 Å². The Hall–Kier alpha value is -6.86. The van der Waals surface area contributed by atoms with E-state index in [4.69, 9.17) is 0 Å². The van der Waals surface area contributed by atoms with Crippen LogP contribution in [-0.2, 0) is 0 Å². The van der Waals surface area contributed by atoms with Crippen molar-refractivity contribution in [3.8, 4) is 33.4 Å². The van der Waals surface area contributed by atoms with E-state index >= 15 is 17.6 Å². The third kappa shape index (κ3) is 5.93. The normalized spacial score (nSPS) is 12.7. The number of para-hydroxylation sites is 2. The van der Waals surface area contributed by atoms with Crippen LogP contribution in [0.5, 0.6) is 0 Å². The lowest BCUT2D eigenvalue weighted by molar-refractivity contribution is 0.585. The van der Waals surface area contributed by atoms with Crippen molar-refractivity contribution in [3.63, 3.8) is 0 Å². The van der Waals surface area contributed by atoms with Gasteiger partial charge in [-0.15, -0.1) is 0 Å². The topological polar surface area (TPSA) is 6.48 Å². The molecule has 0 radical (unpaired) electrons. The number of aryl methyl sites for hydroxylation is 6. The molecule has 2 aliphatic rings. The van der Waals surface area contributed by atoms with E-state index < -0.39 is 30.0 Å². The fourth-order valence-corrected chi connectivity index (χ4v) is 10.2. The van der Waals surface area contributed by atoms with Crippen LogP contribution in [0.1, 0.15) is 33.4 Å². The van der Waals surface area contributed by atoms with Crippen LogP contribution in [0.2, 0.25) is 0 Å². The number of benzene rings is 8. The quantitative estimate of drug-likeness (QED) is 0.126. The molecule has 10 rings (SSSR count). The van der Waals surface area contributed by atoms with Gasteiger partial charge in [0.15, 0.2) is 0 Å². The lowest BCUT2D eigenvalue weighted by Gasteiger charge is -2.45. The lowest BCUT2D eigenvalue weighted by atomic mass is 9.33. The van der Waals surface area contributed by atoms with Crippen molar-refractivity contribution >= 4 is 57.2 Å². The maximum absolute atomic E-state index is 16.5. The average Bonchev–Trinajstić information content (AvgIpc) is 3.22. The molecule has 298 valence electrons. The summed E-state index contributed by atoms with van der Waals surface area (Å²) in [6.07, 6.45) is 0. The number of hydrogen-bond acceptors (Lipinski definition) is 2. The van der Waals surface area contributed by atoms with E-state index in [1.54, 1.807) is 9.80 Å². The Morgan fingerprint density at radius 1 is 0.344 bits per heavy atom. The average molecular weight is 805 g/mol. The number of fused-ring (bicyclic) bond motifs is 4. The summed E-state index contributed by atoms with van der Waals surface area (Å²) in [4.78, 5) is 3.36. The fourth-order valence-electron chi connectivity index (χ4n) is 10.2. The Kier molecular flexibility index (Phi) is 9.06.